The van der Waals surface area contributed by atoms with Gasteiger partial charge in [0, 0.05) is 18.3 Å². The van der Waals surface area contributed by atoms with Crippen LogP contribution in [0.3, 0.4) is 0 Å². The first-order valence-corrected chi connectivity index (χ1v) is 6.96. The number of halogens is 1. The molecule has 0 spiro atoms. The number of benzene rings is 2. The number of nitrogens with zero attached hydrogens (tertiary/aromatic N) is 1. The first kappa shape index (κ1) is 14.9. The molecule has 1 unspecified atom stereocenters. The summed E-state index contributed by atoms with van der Waals surface area (Å²) >= 11 is 0. The Bertz CT molecular complexity index is 802. The van der Waals surface area contributed by atoms with E-state index in [4.69, 9.17) is 0 Å². The molecule has 0 saturated carbocycles. The number of fused-ring (bicyclic) bond motifs is 1. The summed E-state index contributed by atoms with van der Waals surface area (Å²) in [6.45, 7) is 0. The molecule has 0 bridgehead atoms. The van der Waals surface area contributed by atoms with Crippen molar-refractivity contribution in [3.05, 3.63) is 65.5 Å². The van der Waals surface area contributed by atoms with E-state index in [0.717, 1.165) is 4.90 Å². The number of likely N-dealkylation sites (N-methyl/N-ethyl adjacent to an activating group) is 1. The van der Waals surface area contributed by atoms with Crippen LogP contribution in [0.4, 0.5) is 10.1 Å². The Morgan fingerprint density at radius 2 is 1.74 bits per heavy atom. The van der Waals surface area contributed by atoms with E-state index < -0.39 is 29.5 Å². The van der Waals surface area contributed by atoms with E-state index in [0.29, 0.717) is 16.8 Å². The standard InChI is InChI=1S/C17H13FN2O3/c1-20-16(22)13-5-3-2-4-12(13)14(17(20)23)15(21)19-11-8-6-10(18)7-9-11/h2-9,14H,1H3,(H,19,21). The molecule has 0 radical (unpaired) electrons. The fourth-order valence-corrected chi connectivity index (χ4v) is 2.55. The third-order valence-electron chi connectivity index (χ3n) is 3.76. The van der Waals surface area contributed by atoms with Gasteiger partial charge in [0.1, 0.15) is 11.7 Å². The van der Waals surface area contributed by atoms with Gasteiger partial charge in [0.15, 0.2) is 0 Å². The van der Waals surface area contributed by atoms with Gasteiger partial charge in [-0.1, -0.05) is 18.2 Å². The zero-order valence-electron chi connectivity index (χ0n) is 12.2. The first-order chi connectivity index (χ1) is 11.0. The summed E-state index contributed by atoms with van der Waals surface area (Å²) in [5.41, 5.74) is 1.08. The van der Waals surface area contributed by atoms with Crippen LogP contribution in [0.1, 0.15) is 21.8 Å². The second-order valence-corrected chi connectivity index (χ2v) is 5.22. The molecule has 6 heteroatoms. The number of nitrogens with one attached hydrogen (secondary N) is 1. The molecule has 1 N–H and O–H groups in total. The number of hydrogen-bond donors (Lipinski definition) is 1. The quantitative estimate of drug-likeness (QED) is 0.682. The molecule has 2 aromatic carbocycles. The third-order valence-corrected chi connectivity index (χ3v) is 3.76. The highest BCUT2D eigenvalue weighted by molar-refractivity contribution is 6.20. The van der Waals surface area contributed by atoms with Crippen LogP contribution in [0.5, 0.6) is 0 Å². The van der Waals surface area contributed by atoms with E-state index in [1.807, 2.05) is 0 Å². The van der Waals surface area contributed by atoms with Crippen molar-refractivity contribution < 1.29 is 18.8 Å². The van der Waals surface area contributed by atoms with Crippen LogP contribution in [0, 0.1) is 5.82 Å². The maximum Gasteiger partial charge on any atom is 0.260 e. The number of imide groups is 1. The summed E-state index contributed by atoms with van der Waals surface area (Å²) < 4.78 is 12.9. The number of hydrogen-bond acceptors (Lipinski definition) is 3. The molecular formula is C17H13FN2O3. The fourth-order valence-electron chi connectivity index (χ4n) is 2.55. The van der Waals surface area contributed by atoms with Gasteiger partial charge in [0.05, 0.1) is 0 Å². The van der Waals surface area contributed by atoms with Gasteiger partial charge in [-0.3, -0.25) is 19.3 Å². The van der Waals surface area contributed by atoms with Crippen LogP contribution in [0.15, 0.2) is 48.5 Å². The van der Waals surface area contributed by atoms with Gasteiger partial charge in [0.2, 0.25) is 11.8 Å². The van der Waals surface area contributed by atoms with Crippen LogP contribution in [-0.2, 0) is 9.59 Å². The average molecular weight is 312 g/mol. The van der Waals surface area contributed by atoms with Crippen molar-refractivity contribution in [3.63, 3.8) is 0 Å². The summed E-state index contributed by atoms with van der Waals surface area (Å²) in [6, 6.07) is 11.7. The van der Waals surface area contributed by atoms with Crippen LogP contribution < -0.4 is 5.32 Å². The molecule has 1 atom stereocenters. The molecule has 3 rings (SSSR count). The lowest BCUT2D eigenvalue weighted by atomic mass is 9.88. The van der Waals surface area contributed by atoms with Gasteiger partial charge in [-0.05, 0) is 35.9 Å². The van der Waals surface area contributed by atoms with Crippen molar-refractivity contribution in [2.75, 3.05) is 12.4 Å². The molecule has 116 valence electrons. The molecule has 5 nitrogen and oxygen atoms in total. The smallest absolute Gasteiger partial charge is 0.260 e. The summed E-state index contributed by atoms with van der Waals surface area (Å²) in [5.74, 6) is -3.12. The second kappa shape index (κ2) is 5.64. The highest BCUT2D eigenvalue weighted by Crippen LogP contribution is 2.29. The molecule has 1 aliphatic rings. The van der Waals surface area contributed by atoms with Gasteiger partial charge < -0.3 is 5.32 Å². The molecule has 0 aromatic heterocycles. The van der Waals surface area contributed by atoms with Gasteiger partial charge in [0.25, 0.3) is 5.91 Å². The normalized spacial score (nSPS) is 17.0. The number of anilines is 1. The van der Waals surface area contributed by atoms with E-state index in [2.05, 4.69) is 5.32 Å². The summed E-state index contributed by atoms with van der Waals surface area (Å²) in [5, 5.41) is 2.58. The van der Waals surface area contributed by atoms with Crippen molar-refractivity contribution in [2.45, 2.75) is 5.92 Å². The van der Waals surface area contributed by atoms with Crippen molar-refractivity contribution in [2.24, 2.45) is 0 Å². The first-order valence-electron chi connectivity index (χ1n) is 6.96. The lowest BCUT2D eigenvalue weighted by Crippen LogP contribution is -2.46. The predicted octanol–water partition coefficient (Wildman–Crippen LogP) is 2.16. The van der Waals surface area contributed by atoms with Crippen LogP contribution in [0.25, 0.3) is 0 Å². The van der Waals surface area contributed by atoms with Crippen LogP contribution >= 0.6 is 0 Å². The minimum atomic E-state index is -1.11. The minimum Gasteiger partial charge on any atom is -0.325 e. The molecule has 23 heavy (non-hydrogen) atoms. The van der Waals surface area contributed by atoms with Crippen molar-refractivity contribution >= 4 is 23.4 Å². The second-order valence-electron chi connectivity index (χ2n) is 5.22. The van der Waals surface area contributed by atoms with Crippen molar-refractivity contribution in [1.29, 1.82) is 0 Å². The highest BCUT2D eigenvalue weighted by atomic mass is 19.1. The lowest BCUT2D eigenvalue weighted by molar-refractivity contribution is -0.134. The van der Waals surface area contributed by atoms with E-state index in [9.17, 15) is 18.8 Å². The van der Waals surface area contributed by atoms with Gasteiger partial charge in [-0.2, -0.15) is 0 Å². The van der Waals surface area contributed by atoms with Gasteiger partial charge in [-0.25, -0.2) is 4.39 Å². The Hall–Kier alpha value is -3.02. The summed E-state index contributed by atoms with van der Waals surface area (Å²) in [7, 11) is 1.35. The molecule has 0 saturated heterocycles. The largest absolute Gasteiger partial charge is 0.325 e. The Balaban J connectivity index is 1.96. The molecule has 0 aliphatic carbocycles. The monoisotopic (exact) mass is 312 g/mol. The Morgan fingerprint density at radius 3 is 2.43 bits per heavy atom. The zero-order chi connectivity index (χ0) is 16.6. The topological polar surface area (TPSA) is 66.5 Å². The van der Waals surface area contributed by atoms with Crippen molar-refractivity contribution in [1.82, 2.24) is 4.90 Å². The molecule has 3 amide bonds. The number of carbonyl (C=O) groups is 3. The van der Waals surface area contributed by atoms with Gasteiger partial charge in [-0.15, -0.1) is 0 Å². The third kappa shape index (κ3) is 2.59. The number of rotatable bonds is 2. The Labute approximate surface area is 131 Å². The molecule has 2 aromatic rings. The summed E-state index contributed by atoms with van der Waals surface area (Å²) in [4.78, 5) is 37.9. The fraction of sp³-hybridized carbons (Fsp3) is 0.118. The maximum absolute atomic E-state index is 12.9. The Morgan fingerprint density at radius 1 is 1.09 bits per heavy atom. The maximum atomic E-state index is 12.9. The van der Waals surface area contributed by atoms with Gasteiger partial charge >= 0.3 is 0 Å². The Kier molecular flexibility index (Phi) is 3.65. The predicted molar refractivity (Wildman–Crippen MR) is 81.3 cm³/mol. The highest BCUT2D eigenvalue weighted by Gasteiger charge is 2.40. The molecule has 1 heterocycles. The van der Waals surface area contributed by atoms with Crippen molar-refractivity contribution in [3.8, 4) is 0 Å². The lowest BCUT2D eigenvalue weighted by Gasteiger charge is -2.29. The molecule has 1 aliphatic heterocycles. The number of amides is 3. The van der Waals surface area contributed by atoms with E-state index in [1.54, 1.807) is 24.3 Å². The zero-order valence-corrected chi connectivity index (χ0v) is 12.2. The van der Waals surface area contributed by atoms with E-state index in [1.165, 1.54) is 31.3 Å². The van der Waals surface area contributed by atoms with Crippen LogP contribution in [-0.4, -0.2) is 29.7 Å². The average Bonchev–Trinajstić information content (AvgIpc) is 2.55. The summed E-state index contributed by atoms with van der Waals surface area (Å²) in [6.07, 6.45) is 0. The molecule has 0 fully saturated rings. The SMILES string of the molecule is CN1C(=O)c2ccccc2C(C(=O)Nc2ccc(F)cc2)C1=O. The molecular weight excluding hydrogens is 299 g/mol. The van der Waals surface area contributed by atoms with Crippen LogP contribution in [0.2, 0.25) is 0 Å². The number of carbonyl (C=O) groups excluding carboxylic acids is 3. The van der Waals surface area contributed by atoms with E-state index >= 15 is 0 Å². The minimum absolute atomic E-state index is 0.328. The van der Waals surface area contributed by atoms with E-state index in [-0.39, 0.29) is 0 Å².